The number of rotatable bonds is 6. The van der Waals surface area contributed by atoms with E-state index in [1.54, 1.807) is 25.9 Å². The van der Waals surface area contributed by atoms with Crippen molar-refractivity contribution in [3.05, 3.63) is 27.1 Å². The molecule has 3 amide bonds. The number of urea groups is 1. The van der Waals surface area contributed by atoms with Gasteiger partial charge in [0.05, 0.1) is 24.6 Å². The second kappa shape index (κ2) is 11.0. The third kappa shape index (κ3) is 5.07. The van der Waals surface area contributed by atoms with E-state index in [0.717, 1.165) is 47.4 Å². The number of aliphatic hydroxyl groups excluding tert-OH is 1. The van der Waals surface area contributed by atoms with Crippen LogP contribution < -0.4 is 0 Å². The SMILES string of the molecule is CC(OC(=O)OC1CCCCC1)OC(=O)C1=C(c2cc3c(s2)CN(C(=O)N(C)C)C3)[C@H](C)[C@@H]2[C@@H]([C@@H](C)O)C(=O)N12. The molecule has 0 bridgehead atoms. The lowest BCUT2D eigenvalue weighted by molar-refractivity contribution is -0.174. The van der Waals surface area contributed by atoms with Gasteiger partial charge in [0.25, 0.3) is 0 Å². The number of aliphatic hydroxyl groups is 1. The van der Waals surface area contributed by atoms with E-state index >= 15 is 0 Å². The first-order valence-electron chi connectivity index (χ1n) is 13.9. The summed E-state index contributed by atoms with van der Waals surface area (Å²) in [6.45, 7) is 5.87. The number of hydrogen-bond acceptors (Lipinski definition) is 9. The van der Waals surface area contributed by atoms with Crippen molar-refractivity contribution < 1.29 is 38.5 Å². The van der Waals surface area contributed by atoms with Crippen molar-refractivity contribution in [2.75, 3.05) is 14.1 Å². The van der Waals surface area contributed by atoms with Crippen LogP contribution in [0.3, 0.4) is 0 Å². The Morgan fingerprint density at radius 3 is 2.42 bits per heavy atom. The molecule has 1 N–H and O–H groups in total. The number of nitrogens with zero attached hydrogens (tertiary/aromatic N) is 3. The summed E-state index contributed by atoms with van der Waals surface area (Å²) >= 11 is 1.48. The molecule has 0 spiro atoms. The van der Waals surface area contributed by atoms with E-state index in [4.69, 9.17) is 14.2 Å². The highest BCUT2D eigenvalue weighted by molar-refractivity contribution is 7.13. The van der Waals surface area contributed by atoms with Gasteiger partial charge < -0.3 is 34.0 Å². The highest BCUT2D eigenvalue weighted by Gasteiger charge is 2.60. The van der Waals surface area contributed by atoms with Crippen molar-refractivity contribution in [3.63, 3.8) is 0 Å². The number of ether oxygens (including phenoxy) is 3. The summed E-state index contributed by atoms with van der Waals surface area (Å²) in [6, 6.07) is 1.51. The van der Waals surface area contributed by atoms with Crippen molar-refractivity contribution >= 4 is 41.0 Å². The third-order valence-electron chi connectivity index (χ3n) is 8.23. The Kier molecular flexibility index (Phi) is 7.84. The van der Waals surface area contributed by atoms with E-state index in [2.05, 4.69) is 0 Å². The fourth-order valence-electron chi connectivity index (χ4n) is 6.32. The fraction of sp³-hybridized carbons (Fsp3) is 0.643. The van der Waals surface area contributed by atoms with E-state index in [9.17, 15) is 24.3 Å². The predicted octanol–water partition coefficient (Wildman–Crippen LogP) is 3.69. The molecule has 218 valence electrons. The zero-order valence-corrected chi connectivity index (χ0v) is 24.4. The minimum absolute atomic E-state index is 0.0757. The molecule has 1 saturated carbocycles. The van der Waals surface area contributed by atoms with Gasteiger partial charge >= 0.3 is 18.2 Å². The Morgan fingerprint density at radius 2 is 1.80 bits per heavy atom. The summed E-state index contributed by atoms with van der Waals surface area (Å²) in [6.07, 6.45) is 1.48. The number of hydrogen-bond donors (Lipinski definition) is 1. The van der Waals surface area contributed by atoms with Crippen LogP contribution in [0.4, 0.5) is 9.59 Å². The van der Waals surface area contributed by atoms with Crippen LogP contribution in [0.25, 0.3) is 5.57 Å². The van der Waals surface area contributed by atoms with Crippen LogP contribution in [0.2, 0.25) is 0 Å². The third-order valence-corrected chi connectivity index (χ3v) is 9.42. The fourth-order valence-corrected chi connectivity index (χ4v) is 7.65. The summed E-state index contributed by atoms with van der Waals surface area (Å²) < 4.78 is 16.1. The second-order valence-electron chi connectivity index (χ2n) is 11.3. The van der Waals surface area contributed by atoms with Gasteiger partial charge in [0, 0.05) is 48.8 Å². The standard InChI is InChI=1S/C28H37N3O8S/c1-14-21(19-11-17-12-30(13-20(17)40-19)27(35)29(4)5)24(31-23(14)22(15(2)32)25(31)33)26(34)37-16(3)38-28(36)39-18-9-7-6-8-10-18/h11,14-16,18,22-23,32H,6-10,12-13H2,1-5H3/t14-,15+,16?,22+,23+/m0/s1. The number of carbonyl (C=O) groups excluding carboxylic acids is 4. The molecule has 2 fully saturated rings. The first-order chi connectivity index (χ1) is 19.0. The summed E-state index contributed by atoms with van der Waals surface area (Å²) in [5.74, 6) is -2.00. The highest BCUT2D eigenvalue weighted by Crippen LogP contribution is 2.52. The molecule has 0 radical (unpaired) electrons. The molecule has 11 nitrogen and oxygen atoms in total. The van der Waals surface area contributed by atoms with E-state index < -0.39 is 30.4 Å². The molecule has 1 aromatic rings. The van der Waals surface area contributed by atoms with Gasteiger partial charge in [-0.3, -0.25) is 4.79 Å². The Bertz CT molecular complexity index is 1210. The van der Waals surface area contributed by atoms with Gasteiger partial charge in [0.15, 0.2) is 0 Å². The number of esters is 1. The quantitative estimate of drug-likeness (QED) is 0.309. The Morgan fingerprint density at radius 1 is 1.10 bits per heavy atom. The lowest BCUT2D eigenvalue weighted by atomic mass is 9.77. The van der Waals surface area contributed by atoms with Gasteiger partial charge in [-0.15, -0.1) is 11.3 Å². The van der Waals surface area contributed by atoms with Crippen LogP contribution >= 0.6 is 11.3 Å². The van der Waals surface area contributed by atoms with Crippen LogP contribution in [0.15, 0.2) is 11.8 Å². The number of thiophene rings is 1. The topological polar surface area (TPSA) is 126 Å². The summed E-state index contributed by atoms with van der Waals surface area (Å²) in [7, 11) is 3.42. The predicted molar refractivity (Wildman–Crippen MR) is 145 cm³/mol. The molecule has 4 aliphatic rings. The zero-order valence-electron chi connectivity index (χ0n) is 23.5. The van der Waals surface area contributed by atoms with Crippen LogP contribution in [0.5, 0.6) is 0 Å². The normalized spacial score (nSPS) is 25.6. The molecule has 1 aliphatic carbocycles. The van der Waals surface area contributed by atoms with Gasteiger partial charge in [-0.1, -0.05) is 13.3 Å². The van der Waals surface area contributed by atoms with Crippen molar-refractivity contribution in [1.82, 2.24) is 14.7 Å². The average molecular weight is 576 g/mol. The molecule has 12 heteroatoms. The zero-order chi connectivity index (χ0) is 28.9. The number of amides is 3. The Labute approximate surface area is 237 Å². The number of carbonyl (C=O) groups is 4. The maximum Gasteiger partial charge on any atom is 0.511 e. The molecular formula is C28H37N3O8S. The molecule has 1 saturated heterocycles. The molecule has 1 unspecified atom stereocenters. The van der Waals surface area contributed by atoms with E-state index in [0.29, 0.717) is 18.7 Å². The van der Waals surface area contributed by atoms with Crippen LogP contribution in [-0.4, -0.2) is 82.5 Å². The summed E-state index contributed by atoms with van der Waals surface area (Å²) in [5.41, 5.74) is 1.77. The van der Waals surface area contributed by atoms with Gasteiger partial charge in [-0.05, 0) is 44.2 Å². The van der Waals surface area contributed by atoms with Crippen molar-refractivity contribution in [3.8, 4) is 0 Å². The molecule has 0 aromatic carbocycles. The highest BCUT2D eigenvalue weighted by atomic mass is 32.1. The van der Waals surface area contributed by atoms with Crippen molar-refractivity contribution in [2.45, 2.75) is 90.5 Å². The molecule has 5 atom stereocenters. The average Bonchev–Trinajstić information content (AvgIpc) is 3.52. The van der Waals surface area contributed by atoms with Gasteiger partial charge in [-0.2, -0.15) is 0 Å². The second-order valence-corrected chi connectivity index (χ2v) is 12.5. The van der Waals surface area contributed by atoms with Gasteiger partial charge in [-0.25, -0.2) is 14.4 Å². The smallest absolute Gasteiger partial charge is 0.431 e. The number of β-lactam (4-membered cyclic amide) rings is 1. The van der Waals surface area contributed by atoms with Gasteiger partial charge in [0.1, 0.15) is 11.8 Å². The van der Waals surface area contributed by atoms with E-state index in [1.165, 1.54) is 28.1 Å². The maximum atomic E-state index is 13.5. The molecular weight excluding hydrogens is 538 g/mol. The van der Waals surface area contributed by atoms with Gasteiger partial charge in [0.2, 0.25) is 12.2 Å². The summed E-state index contributed by atoms with van der Waals surface area (Å²) in [5, 5.41) is 10.3. The molecule has 1 aromatic heterocycles. The van der Waals surface area contributed by atoms with E-state index in [-0.39, 0.29) is 35.7 Å². The molecule has 40 heavy (non-hydrogen) atoms. The van der Waals surface area contributed by atoms with E-state index in [1.807, 2.05) is 13.0 Å². The first kappa shape index (κ1) is 28.4. The lowest BCUT2D eigenvalue weighted by Gasteiger charge is -2.46. The molecule has 3 aliphatic heterocycles. The Hall–Kier alpha value is -3.12. The van der Waals surface area contributed by atoms with Crippen LogP contribution in [0, 0.1) is 11.8 Å². The number of fused-ring (bicyclic) bond motifs is 2. The maximum absolute atomic E-state index is 13.5. The van der Waals surface area contributed by atoms with Crippen molar-refractivity contribution in [2.24, 2.45) is 11.8 Å². The lowest BCUT2D eigenvalue weighted by Crippen LogP contribution is -2.63. The Balaban J connectivity index is 1.36. The first-order valence-corrected chi connectivity index (χ1v) is 14.7. The minimum atomic E-state index is -1.23. The van der Waals surface area contributed by atoms with Crippen LogP contribution in [-0.2, 0) is 36.9 Å². The van der Waals surface area contributed by atoms with Crippen molar-refractivity contribution in [1.29, 1.82) is 0 Å². The summed E-state index contributed by atoms with van der Waals surface area (Å²) in [4.78, 5) is 57.9. The van der Waals surface area contributed by atoms with Crippen LogP contribution in [0.1, 0.15) is 68.2 Å². The molecule has 5 rings (SSSR count). The largest absolute Gasteiger partial charge is 0.511 e. The minimum Gasteiger partial charge on any atom is -0.431 e. The molecule has 4 heterocycles. The monoisotopic (exact) mass is 575 g/mol.